The fraction of sp³-hybridized carbons (Fsp3) is 0.345. The molecule has 1 saturated heterocycles. The van der Waals surface area contributed by atoms with Crippen LogP contribution in [0.15, 0.2) is 67.1 Å². The first-order chi connectivity index (χ1) is 18.1. The Balaban J connectivity index is 1.25. The lowest BCUT2D eigenvalue weighted by atomic mass is 9.89. The van der Waals surface area contributed by atoms with Crippen molar-refractivity contribution in [3.05, 3.63) is 67.1 Å². The van der Waals surface area contributed by atoms with E-state index >= 15 is 0 Å². The Bertz CT molecular complexity index is 1390. The van der Waals surface area contributed by atoms with Gasteiger partial charge >= 0.3 is 5.97 Å². The zero-order valence-electron chi connectivity index (χ0n) is 20.7. The number of carboxylic acids is 1. The third kappa shape index (κ3) is 4.53. The van der Waals surface area contributed by atoms with Crippen LogP contribution >= 0.6 is 0 Å². The summed E-state index contributed by atoms with van der Waals surface area (Å²) in [6.45, 7) is 0.886. The van der Waals surface area contributed by atoms with Gasteiger partial charge in [0.1, 0.15) is 35.3 Å². The average Bonchev–Trinajstić information content (AvgIpc) is 3.57. The van der Waals surface area contributed by atoms with E-state index < -0.39 is 5.97 Å². The molecule has 1 atom stereocenters. The number of ether oxygens (including phenoxy) is 1. The first-order valence-electron chi connectivity index (χ1n) is 13.0. The van der Waals surface area contributed by atoms with Crippen LogP contribution in [0.1, 0.15) is 44.6 Å². The lowest BCUT2D eigenvalue weighted by Gasteiger charge is -2.37. The van der Waals surface area contributed by atoms with Crippen LogP contribution in [0, 0.1) is 0 Å². The lowest BCUT2D eigenvalue weighted by Crippen LogP contribution is -2.44. The second-order valence-electron chi connectivity index (χ2n) is 10.0. The fourth-order valence-electron chi connectivity index (χ4n) is 6.09. The number of hydrogen-bond acceptors (Lipinski definition) is 6. The van der Waals surface area contributed by atoms with E-state index in [-0.39, 0.29) is 12.1 Å². The Morgan fingerprint density at radius 3 is 2.35 bits per heavy atom. The Hall–Kier alpha value is -3.91. The molecular weight excluding hydrogens is 466 g/mol. The number of anilines is 1. The van der Waals surface area contributed by atoms with E-state index in [0.717, 1.165) is 78.7 Å². The van der Waals surface area contributed by atoms with Gasteiger partial charge in [0.05, 0.1) is 5.39 Å². The minimum atomic E-state index is -0.687. The molecule has 0 amide bonds. The maximum absolute atomic E-state index is 11.7. The number of nitrogens with two attached hydrogens (primary N) is 1. The number of aliphatic carboxylic acids is 1. The molecule has 0 radical (unpaired) electrons. The molecule has 0 bridgehead atoms. The largest absolute Gasteiger partial charge is 0.480 e. The van der Waals surface area contributed by atoms with Crippen molar-refractivity contribution >= 4 is 22.8 Å². The van der Waals surface area contributed by atoms with E-state index in [1.54, 1.807) is 0 Å². The molecule has 1 saturated carbocycles. The first kappa shape index (κ1) is 23.5. The van der Waals surface area contributed by atoms with Crippen molar-refractivity contribution in [1.82, 2.24) is 19.4 Å². The molecule has 8 heteroatoms. The molecule has 3 N–H and O–H groups in total. The number of nitrogens with zero attached hydrogens (tertiary/aromatic N) is 4. The molecule has 6 rings (SSSR count). The maximum Gasteiger partial charge on any atom is 0.320 e. The Labute approximate surface area is 215 Å². The number of fused-ring (bicyclic) bond motifs is 1. The molecule has 4 aromatic rings. The summed E-state index contributed by atoms with van der Waals surface area (Å²) in [6, 6.07) is 18.0. The highest BCUT2D eigenvalue weighted by molar-refractivity contribution is 6.00. The number of carboxylic acid groups (broad SMARTS) is 1. The highest BCUT2D eigenvalue weighted by Gasteiger charge is 2.37. The summed E-state index contributed by atoms with van der Waals surface area (Å²) < 4.78 is 8.22. The normalized spacial score (nSPS) is 22.3. The standard InChI is InChI=1S/C29H31N5O3/c30-27-26-24(19-8-14-23(15-9-19)37-22-5-2-1-3-6-22)17-34(28(26)32-18-31-27)21-12-10-20(11-13-21)33-16-4-7-25(33)29(35)36/h1-3,5-6,8-9,14-15,17-18,20-21,25H,4,7,10-13,16H2,(H,35,36)(H2,30,31,32)/t20?,21?,25-/m0/s1. The summed E-state index contributed by atoms with van der Waals surface area (Å²) in [6.07, 6.45) is 9.33. The summed E-state index contributed by atoms with van der Waals surface area (Å²) in [5.74, 6) is 1.35. The van der Waals surface area contributed by atoms with E-state index in [9.17, 15) is 9.90 Å². The maximum atomic E-state index is 11.7. The van der Waals surface area contributed by atoms with Crippen LogP contribution in [0.3, 0.4) is 0 Å². The molecule has 2 fully saturated rings. The molecule has 37 heavy (non-hydrogen) atoms. The van der Waals surface area contributed by atoms with Crippen molar-refractivity contribution in [2.45, 2.75) is 56.7 Å². The third-order valence-corrected chi connectivity index (χ3v) is 7.89. The monoisotopic (exact) mass is 497 g/mol. The molecule has 8 nitrogen and oxygen atoms in total. The van der Waals surface area contributed by atoms with Crippen molar-refractivity contribution in [1.29, 1.82) is 0 Å². The van der Waals surface area contributed by atoms with Gasteiger partial charge in [-0.15, -0.1) is 0 Å². The highest BCUT2D eigenvalue weighted by atomic mass is 16.5. The SMILES string of the molecule is Nc1ncnc2c1c(-c1ccc(Oc3ccccc3)cc1)cn2C1CCC(N2CCC[C@H]2C(=O)O)CC1. The van der Waals surface area contributed by atoms with Crippen molar-refractivity contribution in [3.8, 4) is 22.6 Å². The van der Waals surface area contributed by atoms with Crippen molar-refractivity contribution < 1.29 is 14.6 Å². The van der Waals surface area contributed by atoms with Crippen LogP contribution in [-0.2, 0) is 4.79 Å². The van der Waals surface area contributed by atoms with Gasteiger partial charge in [0.2, 0.25) is 0 Å². The van der Waals surface area contributed by atoms with Crippen LogP contribution in [-0.4, -0.2) is 49.1 Å². The van der Waals surface area contributed by atoms with Gasteiger partial charge < -0.3 is 20.1 Å². The quantitative estimate of drug-likeness (QED) is 0.362. The minimum absolute atomic E-state index is 0.286. The van der Waals surface area contributed by atoms with Gasteiger partial charge in [-0.1, -0.05) is 30.3 Å². The van der Waals surface area contributed by atoms with E-state index in [1.165, 1.54) is 6.33 Å². The van der Waals surface area contributed by atoms with Gasteiger partial charge in [0.15, 0.2) is 0 Å². The lowest BCUT2D eigenvalue weighted by molar-refractivity contribution is -0.143. The summed E-state index contributed by atoms with van der Waals surface area (Å²) in [5, 5.41) is 10.5. The van der Waals surface area contributed by atoms with E-state index in [0.29, 0.717) is 11.9 Å². The van der Waals surface area contributed by atoms with E-state index in [1.807, 2.05) is 54.6 Å². The van der Waals surface area contributed by atoms with Crippen molar-refractivity contribution in [2.24, 2.45) is 0 Å². The van der Waals surface area contributed by atoms with Gasteiger partial charge in [-0.2, -0.15) is 0 Å². The number of hydrogen-bond donors (Lipinski definition) is 2. The van der Waals surface area contributed by atoms with Crippen molar-refractivity contribution in [2.75, 3.05) is 12.3 Å². The molecule has 2 aliphatic rings. The number of aromatic nitrogens is 3. The fourth-order valence-corrected chi connectivity index (χ4v) is 6.09. The molecule has 1 aliphatic heterocycles. The van der Waals surface area contributed by atoms with Crippen molar-refractivity contribution in [3.63, 3.8) is 0 Å². The molecule has 0 spiro atoms. The predicted molar refractivity (Wildman–Crippen MR) is 143 cm³/mol. The molecule has 1 aliphatic carbocycles. The van der Waals surface area contributed by atoms with E-state index in [4.69, 9.17) is 10.5 Å². The summed E-state index contributed by atoms with van der Waals surface area (Å²) in [4.78, 5) is 22.8. The topological polar surface area (TPSA) is 107 Å². The summed E-state index contributed by atoms with van der Waals surface area (Å²) in [7, 11) is 0. The predicted octanol–water partition coefficient (Wildman–Crippen LogP) is 5.51. The highest BCUT2D eigenvalue weighted by Crippen LogP contribution is 2.40. The van der Waals surface area contributed by atoms with Gasteiger partial charge in [0, 0.05) is 23.8 Å². The average molecular weight is 498 g/mol. The zero-order valence-corrected chi connectivity index (χ0v) is 20.7. The molecule has 3 heterocycles. The van der Waals surface area contributed by atoms with Gasteiger partial charge in [-0.3, -0.25) is 9.69 Å². The molecule has 2 aromatic carbocycles. The summed E-state index contributed by atoms with van der Waals surface area (Å²) >= 11 is 0. The number of rotatable bonds is 6. The third-order valence-electron chi connectivity index (χ3n) is 7.89. The smallest absolute Gasteiger partial charge is 0.320 e. The summed E-state index contributed by atoms with van der Waals surface area (Å²) in [5.41, 5.74) is 9.25. The Kier molecular flexibility index (Phi) is 6.26. The van der Waals surface area contributed by atoms with Crippen LogP contribution in [0.2, 0.25) is 0 Å². The second-order valence-corrected chi connectivity index (χ2v) is 10.0. The van der Waals surface area contributed by atoms with Gasteiger partial charge in [-0.05, 0) is 74.9 Å². The van der Waals surface area contributed by atoms with Gasteiger partial charge in [-0.25, -0.2) is 9.97 Å². The molecule has 2 aromatic heterocycles. The van der Waals surface area contributed by atoms with E-state index in [2.05, 4.69) is 25.6 Å². The first-order valence-corrected chi connectivity index (χ1v) is 13.0. The number of likely N-dealkylation sites (tertiary alicyclic amines) is 1. The van der Waals surface area contributed by atoms with Crippen LogP contribution in [0.5, 0.6) is 11.5 Å². The van der Waals surface area contributed by atoms with Crippen LogP contribution in [0.25, 0.3) is 22.2 Å². The number of benzene rings is 2. The van der Waals surface area contributed by atoms with Crippen LogP contribution in [0.4, 0.5) is 5.82 Å². The zero-order chi connectivity index (χ0) is 25.4. The number of carbonyl (C=O) groups is 1. The number of para-hydroxylation sites is 1. The molecular formula is C29H31N5O3. The minimum Gasteiger partial charge on any atom is -0.480 e. The Morgan fingerprint density at radius 2 is 1.62 bits per heavy atom. The molecule has 190 valence electrons. The Morgan fingerprint density at radius 1 is 0.919 bits per heavy atom. The molecule has 0 unspecified atom stereocenters. The second kappa shape index (κ2) is 9.86. The van der Waals surface area contributed by atoms with Gasteiger partial charge in [0.25, 0.3) is 0 Å². The number of nitrogen functional groups attached to an aromatic ring is 1. The van der Waals surface area contributed by atoms with Crippen LogP contribution < -0.4 is 10.5 Å².